The van der Waals surface area contributed by atoms with Crippen LogP contribution < -0.4 is 5.32 Å². The highest BCUT2D eigenvalue weighted by molar-refractivity contribution is 7.80. The molecular formula is C16H17NO2S. The van der Waals surface area contributed by atoms with Gasteiger partial charge in [-0.25, -0.2) is 0 Å². The first-order valence-corrected chi connectivity index (χ1v) is 6.73. The largest absolute Gasteiger partial charge is 0.380 e. The molecule has 0 bridgehead atoms. The van der Waals surface area contributed by atoms with Crippen molar-refractivity contribution in [1.29, 1.82) is 0 Å². The Bertz CT molecular complexity index is 626. The molecule has 4 heteroatoms. The van der Waals surface area contributed by atoms with Crippen molar-refractivity contribution < 1.29 is 9.53 Å². The Labute approximate surface area is 124 Å². The molecule has 2 rings (SSSR count). The summed E-state index contributed by atoms with van der Waals surface area (Å²) >= 11 is 4.27. The second-order valence-corrected chi connectivity index (χ2v) is 5.10. The molecule has 0 aromatic heterocycles. The third-order valence-corrected chi connectivity index (χ3v) is 3.24. The maximum Gasteiger partial charge on any atom is 0.255 e. The van der Waals surface area contributed by atoms with Gasteiger partial charge in [0.1, 0.15) is 0 Å². The van der Waals surface area contributed by atoms with Crippen LogP contribution in [0.25, 0.3) is 0 Å². The van der Waals surface area contributed by atoms with E-state index in [2.05, 4.69) is 17.9 Å². The topological polar surface area (TPSA) is 38.3 Å². The number of nitrogens with one attached hydrogen (secondary N) is 1. The number of hydrogen-bond donors (Lipinski definition) is 2. The molecule has 3 nitrogen and oxygen atoms in total. The number of anilines is 1. The summed E-state index contributed by atoms with van der Waals surface area (Å²) < 4.78 is 5.08. The van der Waals surface area contributed by atoms with Gasteiger partial charge in [-0.1, -0.05) is 18.2 Å². The van der Waals surface area contributed by atoms with Crippen molar-refractivity contribution in [3.05, 3.63) is 59.2 Å². The van der Waals surface area contributed by atoms with Gasteiger partial charge in [0.15, 0.2) is 0 Å². The van der Waals surface area contributed by atoms with E-state index >= 15 is 0 Å². The second-order valence-electron chi connectivity index (χ2n) is 4.59. The van der Waals surface area contributed by atoms with Gasteiger partial charge in [-0.05, 0) is 42.3 Å². The van der Waals surface area contributed by atoms with Gasteiger partial charge >= 0.3 is 0 Å². The van der Waals surface area contributed by atoms with Gasteiger partial charge in [-0.3, -0.25) is 4.79 Å². The molecular weight excluding hydrogens is 270 g/mol. The summed E-state index contributed by atoms with van der Waals surface area (Å²) in [6.07, 6.45) is 0. The molecule has 0 aliphatic rings. The quantitative estimate of drug-likeness (QED) is 0.842. The van der Waals surface area contributed by atoms with Crippen molar-refractivity contribution in [2.24, 2.45) is 0 Å². The van der Waals surface area contributed by atoms with Crippen LogP contribution in [0.5, 0.6) is 0 Å². The van der Waals surface area contributed by atoms with E-state index in [1.807, 2.05) is 43.3 Å². The van der Waals surface area contributed by atoms with E-state index < -0.39 is 0 Å². The Hall–Kier alpha value is -1.78. The average molecular weight is 287 g/mol. The number of rotatable bonds is 4. The van der Waals surface area contributed by atoms with Crippen molar-refractivity contribution in [2.75, 3.05) is 12.4 Å². The maximum absolute atomic E-state index is 12.3. The van der Waals surface area contributed by atoms with E-state index in [1.54, 1.807) is 13.2 Å². The molecule has 0 aliphatic carbocycles. The van der Waals surface area contributed by atoms with Crippen LogP contribution in [0.1, 0.15) is 21.5 Å². The number of carbonyl (C=O) groups is 1. The Morgan fingerprint density at radius 3 is 2.80 bits per heavy atom. The SMILES string of the molecule is COCc1cccc(NC(=O)c2cc(S)ccc2C)c1. The van der Waals surface area contributed by atoms with Crippen molar-refractivity contribution >= 4 is 24.2 Å². The molecule has 0 atom stereocenters. The van der Waals surface area contributed by atoms with Crippen LogP contribution in [0.4, 0.5) is 5.69 Å². The third kappa shape index (κ3) is 3.62. The van der Waals surface area contributed by atoms with Gasteiger partial charge in [0.05, 0.1) is 6.61 Å². The Morgan fingerprint density at radius 2 is 2.05 bits per heavy atom. The Morgan fingerprint density at radius 1 is 1.25 bits per heavy atom. The molecule has 20 heavy (non-hydrogen) atoms. The molecule has 0 saturated heterocycles. The summed E-state index contributed by atoms with van der Waals surface area (Å²) in [5.41, 5.74) is 3.33. The van der Waals surface area contributed by atoms with E-state index in [0.29, 0.717) is 12.2 Å². The van der Waals surface area contributed by atoms with Gasteiger partial charge in [0.2, 0.25) is 0 Å². The van der Waals surface area contributed by atoms with Crippen LogP contribution in [0.2, 0.25) is 0 Å². The summed E-state index contributed by atoms with van der Waals surface area (Å²) in [5, 5.41) is 2.90. The molecule has 0 saturated carbocycles. The second kappa shape index (κ2) is 6.59. The van der Waals surface area contributed by atoms with Crippen LogP contribution >= 0.6 is 12.6 Å². The van der Waals surface area contributed by atoms with E-state index in [9.17, 15) is 4.79 Å². The fourth-order valence-electron chi connectivity index (χ4n) is 1.96. The van der Waals surface area contributed by atoms with Crippen LogP contribution in [-0.4, -0.2) is 13.0 Å². The zero-order valence-corrected chi connectivity index (χ0v) is 12.4. The number of hydrogen-bond acceptors (Lipinski definition) is 3. The lowest BCUT2D eigenvalue weighted by molar-refractivity contribution is 0.102. The van der Waals surface area contributed by atoms with Crippen LogP contribution in [-0.2, 0) is 11.3 Å². The van der Waals surface area contributed by atoms with E-state index in [-0.39, 0.29) is 5.91 Å². The van der Waals surface area contributed by atoms with Crippen LogP contribution in [0, 0.1) is 6.92 Å². The molecule has 1 N–H and O–H groups in total. The Kier molecular flexibility index (Phi) is 4.82. The number of methoxy groups -OCH3 is 1. The summed E-state index contributed by atoms with van der Waals surface area (Å²) in [6, 6.07) is 13.1. The summed E-state index contributed by atoms with van der Waals surface area (Å²) in [6.45, 7) is 2.43. The number of aryl methyl sites for hydroxylation is 1. The highest BCUT2D eigenvalue weighted by Crippen LogP contribution is 2.17. The van der Waals surface area contributed by atoms with Gasteiger partial charge in [0.25, 0.3) is 5.91 Å². The minimum absolute atomic E-state index is 0.132. The van der Waals surface area contributed by atoms with Crippen molar-refractivity contribution in [2.45, 2.75) is 18.4 Å². The minimum Gasteiger partial charge on any atom is -0.380 e. The number of benzene rings is 2. The van der Waals surface area contributed by atoms with Crippen molar-refractivity contribution in [1.82, 2.24) is 0 Å². The molecule has 0 heterocycles. The van der Waals surface area contributed by atoms with Gasteiger partial charge in [0, 0.05) is 23.3 Å². The summed E-state index contributed by atoms with van der Waals surface area (Å²) in [4.78, 5) is 13.1. The monoisotopic (exact) mass is 287 g/mol. The standard InChI is InChI=1S/C16H17NO2S/c1-11-6-7-14(20)9-15(11)16(18)17-13-5-3-4-12(8-13)10-19-2/h3-9,20H,10H2,1-2H3,(H,17,18). The fraction of sp³-hybridized carbons (Fsp3) is 0.188. The van der Waals surface area contributed by atoms with Crippen molar-refractivity contribution in [3.8, 4) is 0 Å². The van der Waals surface area contributed by atoms with Gasteiger partial charge in [-0.15, -0.1) is 12.6 Å². The first-order chi connectivity index (χ1) is 9.60. The molecule has 2 aromatic rings. The lowest BCUT2D eigenvalue weighted by Crippen LogP contribution is -2.13. The van der Waals surface area contributed by atoms with E-state index in [1.165, 1.54) is 0 Å². The zero-order valence-electron chi connectivity index (χ0n) is 11.5. The number of ether oxygens (including phenoxy) is 1. The molecule has 0 fully saturated rings. The van der Waals surface area contributed by atoms with Crippen LogP contribution in [0.15, 0.2) is 47.4 Å². The van der Waals surface area contributed by atoms with Crippen molar-refractivity contribution in [3.63, 3.8) is 0 Å². The molecule has 0 radical (unpaired) electrons. The fourth-order valence-corrected chi connectivity index (χ4v) is 2.16. The minimum atomic E-state index is -0.132. The maximum atomic E-state index is 12.3. The molecule has 104 valence electrons. The first kappa shape index (κ1) is 14.6. The first-order valence-electron chi connectivity index (χ1n) is 6.29. The third-order valence-electron chi connectivity index (χ3n) is 2.96. The van der Waals surface area contributed by atoms with Gasteiger partial charge in [-0.2, -0.15) is 0 Å². The lowest BCUT2D eigenvalue weighted by atomic mass is 10.1. The normalized spacial score (nSPS) is 10.3. The average Bonchev–Trinajstić information content (AvgIpc) is 2.42. The smallest absolute Gasteiger partial charge is 0.255 e. The molecule has 2 aromatic carbocycles. The molecule has 0 unspecified atom stereocenters. The highest BCUT2D eigenvalue weighted by Gasteiger charge is 2.09. The predicted octanol–water partition coefficient (Wildman–Crippen LogP) is 3.68. The molecule has 1 amide bonds. The predicted molar refractivity (Wildman–Crippen MR) is 83.5 cm³/mol. The zero-order chi connectivity index (χ0) is 14.5. The summed E-state index contributed by atoms with van der Waals surface area (Å²) in [5.74, 6) is -0.132. The highest BCUT2D eigenvalue weighted by atomic mass is 32.1. The lowest BCUT2D eigenvalue weighted by Gasteiger charge is -2.09. The number of thiol groups is 1. The van der Waals surface area contributed by atoms with E-state index in [4.69, 9.17) is 4.74 Å². The van der Waals surface area contributed by atoms with E-state index in [0.717, 1.165) is 21.7 Å². The molecule has 0 aliphatic heterocycles. The number of amides is 1. The van der Waals surface area contributed by atoms with Crippen LogP contribution in [0.3, 0.4) is 0 Å². The van der Waals surface area contributed by atoms with Gasteiger partial charge < -0.3 is 10.1 Å². The summed E-state index contributed by atoms with van der Waals surface area (Å²) in [7, 11) is 1.65. The Balaban J connectivity index is 2.19. The molecule has 0 spiro atoms. The number of carbonyl (C=O) groups excluding carboxylic acids is 1.